The molecular weight excluding hydrogens is 262 g/mol. The first-order valence-corrected chi connectivity index (χ1v) is 6.74. The molecule has 20 heavy (non-hydrogen) atoms. The number of carbonyl (C=O) groups excluding carboxylic acids is 1. The van der Waals surface area contributed by atoms with E-state index in [4.69, 9.17) is 14.3 Å². The first-order chi connectivity index (χ1) is 9.58. The molecule has 0 radical (unpaired) electrons. The summed E-state index contributed by atoms with van der Waals surface area (Å²) >= 11 is 0. The highest BCUT2D eigenvalue weighted by molar-refractivity contribution is 5.93. The maximum absolute atomic E-state index is 12.1. The highest BCUT2D eigenvalue weighted by atomic mass is 16.5. The first kappa shape index (κ1) is 14.6. The molecule has 0 unspecified atom stereocenters. The topological polar surface area (TPSA) is 80.0 Å². The van der Waals surface area contributed by atoms with Crippen LogP contribution < -0.4 is 0 Å². The maximum Gasteiger partial charge on any atom is 0.371 e. The van der Waals surface area contributed by atoms with Gasteiger partial charge in [0.15, 0.2) is 5.76 Å². The summed E-state index contributed by atoms with van der Waals surface area (Å²) in [5.41, 5.74) is 0. The molecule has 1 fully saturated rings. The summed E-state index contributed by atoms with van der Waals surface area (Å²) in [4.78, 5) is 24.3. The summed E-state index contributed by atoms with van der Waals surface area (Å²) in [7, 11) is 1.70. The third-order valence-electron chi connectivity index (χ3n) is 3.59. The van der Waals surface area contributed by atoms with Crippen molar-refractivity contribution in [2.45, 2.75) is 19.3 Å². The lowest BCUT2D eigenvalue weighted by Crippen LogP contribution is -2.29. The van der Waals surface area contributed by atoms with Gasteiger partial charge < -0.3 is 19.2 Å². The Labute approximate surface area is 117 Å². The molecule has 0 spiro atoms. The summed E-state index contributed by atoms with van der Waals surface area (Å²) in [6.45, 7) is 2.22. The Kier molecular flexibility index (Phi) is 4.79. The number of furan rings is 1. The quantitative estimate of drug-likeness (QED) is 0.891. The predicted octanol–water partition coefficient (Wildman–Crippen LogP) is 1.87. The molecule has 0 saturated carbocycles. The molecular formula is C14H19NO5. The zero-order valence-electron chi connectivity index (χ0n) is 11.5. The maximum atomic E-state index is 12.1. The van der Waals surface area contributed by atoms with Crippen LogP contribution in [0.2, 0.25) is 0 Å². The van der Waals surface area contributed by atoms with Crippen LogP contribution in [-0.4, -0.2) is 48.7 Å². The number of carbonyl (C=O) groups is 2. The minimum absolute atomic E-state index is 0.0666. The first-order valence-electron chi connectivity index (χ1n) is 6.74. The average Bonchev–Trinajstić information content (AvgIpc) is 2.95. The van der Waals surface area contributed by atoms with Gasteiger partial charge in [0.25, 0.3) is 5.91 Å². The van der Waals surface area contributed by atoms with E-state index in [1.165, 1.54) is 12.1 Å². The Morgan fingerprint density at radius 1 is 1.30 bits per heavy atom. The van der Waals surface area contributed by atoms with Crippen LogP contribution in [0.3, 0.4) is 0 Å². The van der Waals surface area contributed by atoms with E-state index in [2.05, 4.69) is 0 Å². The molecule has 1 N–H and O–H groups in total. The van der Waals surface area contributed by atoms with E-state index in [-0.39, 0.29) is 17.4 Å². The number of ether oxygens (including phenoxy) is 1. The van der Waals surface area contributed by atoms with Gasteiger partial charge in [-0.25, -0.2) is 4.79 Å². The summed E-state index contributed by atoms with van der Waals surface area (Å²) in [5.74, 6) is -1.02. The van der Waals surface area contributed by atoms with E-state index >= 15 is 0 Å². The molecule has 0 aliphatic carbocycles. The van der Waals surface area contributed by atoms with E-state index in [9.17, 15) is 9.59 Å². The van der Waals surface area contributed by atoms with E-state index < -0.39 is 5.97 Å². The Balaban J connectivity index is 1.85. The minimum Gasteiger partial charge on any atom is -0.475 e. The molecule has 1 amide bonds. The van der Waals surface area contributed by atoms with Crippen molar-refractivity contribution in [3.63, 3.8) is 0 Å². The molecule has 1 aliphatic rings. The molecule has 1 aromatic heterocycles. The Morgan fingerprint density at radius 2 is 1.95 bits per heavy atom. The fraction of sp³-hybridized carbons (Fsp3) is 0.571. The van der Waals surface area contributed by atoms with Gasteiger partial charge in [-0.3, -0.25) is 4.79 Å². The molecule has 6 nitrogen and oxygen atoms in total. The van der Waals surface area contributed by atoms with Crippen LogP contribution >= 0.6 is 0 Å². The molecule has 6 heteroatoms. The van der Waals surface area contributed by atoms with E-state index in [0.717, 1.165) is 32.5 Å². The van der Waals surface area contributed by atoms with Crippen LogP contribution in [0.5, 0.6) is 0 Å². The van der Waals surface area contributed by atoms with Crippen molar-refractivity contribution in [3.05, 3.63) is 23.7 Å². The zero-order chi connectivity index (χ0) is 14.5. The Morgan fingerprint density at radius 3 is 2.55 bits per heavy atom. The molecule has 1 aromatic rings. The number of amides is 1. The summed E-state index contributed by atoms with van der Waals surface area (Å²) in [6.07, 6.45) is 3.00. The molecule has 0 bridgehead atoms. The molecule has 2 heterocycles. The van der Waals surface area contributed by atoms with Gasteiger partial charge in [0.1, 0.15) is 0 Å². The normalized spacial score (nSPS) is 16.1. The lowest BCUT2D eigenvalue weighted by atomic mass is 9.96. The van der Waals surface area contributed by atoms with Crippen molar-refractivity contribution >= 4 is 11.9 Å². The number of carboxylic acid groups (broad SMARTS) is 1. The van der Waals surface area contributed by atoms with Gasteiger partial charge in [-0.2, -0.15) is 0 Å². The van der Waals surface area contributed by atoms with Crippen LogP contribution in [0.15, 0.2) is 16.5 Å². The van der Waals surface area contributed by atoms with Gasteiger partial charge in [0, 0.05) is 26.8 Å². The van der Waals surface area contributed by atoms with E-state index in [1.807, 2.05) is 0 Å². The van der Waals surface area contributed by atoms with Crippen molar-refractivity contribution in [1.82, 2.24) is 4.90 Å². The molecule has 1 aliphatic heterocycles. The van der Waals surface area contributed by atoms with Crippen molar-refractivity contribution in [2.24, 2.45) is 5.92 Å². The number of hydrogen-bond acceptors (Lipinski definition) is 4. The van der Waals surface area contributed by atoms with E-state index in [1.54, 1.807) is 11.9 Å². The smallest absolute Gasteiger partial charge is 0.371 e. The van der Waals surface area contributed by atoms with Crippen molar-refractivity contribution < 1.29 is 23.8 Å². The molecule has 110 valence electrons. The number of hydrogen-bond donors (Lipinski definition) is 1. The average molecular weight is 281 g/mol. The second-order valence-corrected chi connectivity index (χ2v) is 5.04. The Bertz CT molecular complexity index is 476. The third kappa shape index (κ3) is 3.60. The summed E-state index contributed by atoms with van der Waals surface area (Å²) in [5, 5.41) is 8.76. The van der Waals surface area contributed by atoms with E-state index in [0.29, 0.717) is 12.5 Å². The van der Waals surface area contributed by atoms with Gasteiger partial charge in [-0.15, -0.1) is 0 Å². The highest BCUT2D eigenvalue weighted by Gasteiger charge is 2.20. The van der Waals surface area contributed by atoms with Crippen LogP contribution in [-0.2, 0) is 4.74 Å². The second kappa shape index (κ2) is 6.56. The second-order valence-electron chi connectivity index (χ2n) is 5.04. The lowest BCUT2D eigenvalue weighted by molar-refractivity contribution is 0.0574. The van der Waals surface area contributed by atoms with Crippen molar-refractivity contribution in [3.8, 4) is 0 Å². The van der Waals surface area contributed by atoms with Crippen molar-refractivity contribution in [1.29, 1.82) is 0 Å². The molecule has 1 saturated heterocycles. The number of nitrogens with zero attached hydrogens (tertiary/aromatic N) is 1. The lowest BCUT2D eigenvalue weighted by Gasteiger charge is -2.24. The molecule has 0 atom stereocenters. The summed E-state index contributed by atoms with van der Waals surface area (Å²) < 4.78 is 10.3. The van der Waals surface area contributed by atoms with Crippen LogP contribution in [0, 0.1) is 5.92 Å². The fourth-order valence-electron chi connectivity index (χ4n) is 2.27. The SMILES string of the molecule is CN(CCC1CCOCC1)C(=O)c1ccc(C(=O)O)o1. The largest absolute Gasteiger partial charge is 0.475 e. The highest BCUT2D eigenvalue weighted by Crippen LogP contribution is 2.19. The van der Waals surface area contributed by atoms with Crippen molar-refractivity contribution in [2.75, 3.05) is 26.8 Å². The van der Waals surface area contributed by atoms with Crippen LogP contribution in [0.25, 0.3) is 0 Å². The van der Waals surface area contributed by atoms with Gasteiger partial charge in [0.05, 0.1) is 0 Å². The standard InChI is InChI=1S/C14H19NO5/c1-15(7-4-10-5-8-19-9-6-10)13(16)11-2-3-12(20-11)14(17)18/h2-3,10H,4-9H2,1H3,(H,17,18). The van der Waals surface area contributed by atoms with Gasteiger partial charge in [0.2, 0.25) is 5.76 Å². The fourth-order valence-corrected chi connectivity index (χ4v) is 2.27. The molecule has 2 rings (SSSR count). The molecule has 0 aromatic carbocycles. The van der Waals surface area contributed by atoms with Gasteiger partial charge >= 0.3 is 5.97 Å². The number of carboxylic acids is 1. The van der Waals surface area contributed by atoms with Crippen LogP contribution in [0.1, 0.15) is 40.4 Å². The zero-order valence-corrected chi connectivity index (χ0v) is 11.5. The Hall–Kier alpha value is -1.82. The van der Waals surface area contributed by atoms with Gasteiger partial charge in [-0.05, 0) is 37.3 Å². The summed E-state index contributed by atoms with van der Waals surface area (Å²) in [6, 6.07) is 2.69. The number of rotatable bonds is 5. The van der Waals surface area contributed by atoms with Gasteiger partial charge in [-0.1, -0.05) is 0 Å². The number of aromatic carboxylic acids is 1. The monoisotopic (exact) mass is 281 g/mol. The predicted molar refractivity (Wildman–Crippen MR) is 70.8 cm³/mol. The minimum atomic E-state index is -1.17. The van der Waals surface area contributed by atoms with Crippen LogP contribution in [0.4, 0.5) is 0 Å². The third-order valence-corrected chi connectivity index (χ3v) is 3.59.